The fraction of sp³-hybridized carbons (Fsp3) is 0.308. The van der Waals surface area contributed by atoms with Gasteiger partial charge in [0.2, 0.25) is 5.88 Å². The van der Waals surface area contributed by atoms with Crippen LogP contribution in [-0.4, -0.2) is 12.1 Å². The zero-order valence-electron chi connectivity index (χ0n) is 9.80. The average molecular weight is 248 g/mol. The minimum Gasteiger partial charge on any atom is -0.481 e. The Morgan fingerprint density at radius 1 is 1.47 bits per heavy atom. The van der Waals surface area contributed by atoms with Gasteiger partial charge in [-0.2, -0.15) is 11.3 Å². The number of hydrogen-bond donors (Lipinski definition) is 1. The number of aromatic nitrogens is 1. The second-order valence-electron chi connectivity index (χ2n) is 3.88. The Morgan fingerprint density at radius 3 is 3.06 bits per heavy atom. The van der Waals surface area contributed by atoms with Crippen molar-refractivity contribution in [1.82, 2.24) is 4.98 Å². The molecule has 90 valence electrons. The summed E-state index contributed by atoms with van der Waals surface area (Å²) in [7, 11) is 1.62. The number of ether oxygens (including phenoxy) is 1. The zero-order valence-corrected chi connectivity index (χ0v) is 10.6. The molecule has 2 rings (SSSR count). The molecule has 0 aliphatic heterocycles. The summed E-state index contributed by atoms with van der Waals surface area (Å²) in [6, 6.07) is 5.98. The monoisotopic (exact) mass is 248 g/mol. The summed E-state index contributed by atoms with van der Waals surface area (Å²) < 4.78 is 5.21. The van der Waals surface area contributed by atoms with Crippen molar-refractivity contribution in [3.63, 3.8) is 0 Å². The lowest BCUT2D eigenvalue weighted by atomic mass is 10.0. The van der Waals surface area contributed by atoms with E-state index in [-0.39, 0.29) is 6.04 Å². The van der Waals surface area contributed by atoms with Crippen molar-refractivity contribution in [2.24, 2.45) is 5.73 Å². The van der Waals surface area contributed by atoms with Crippen LogP contribution in [0.4, 0.5) is 0 Å². The first-order chi connectivity index (χ1) is 8.31. The fourth-order valence-corrected chi connectivity index (χ4v) is 2.47. The third kappa shape index (κ3) is 3.05. The van der Waals surface area contributed by atoms with E-state index in [1.54, 1.807) is 24.6 Å². The summed E-state index contributed by atoms with van der Waals surface area (Å²) in [5.74, 6) is 0.630. The van der Waals surface area contributed by atoms with Crippen LogP contribution in [0.15, 0.2) is 35.2 Å². The molecule has 2 aromatic rings. The van der Waals surface area contributed by atoms with Crippen LogP contribution >= 0.6 is 11.3 Å². The molecule has 2 heterocycles. The summed E-state index contributed by atoms with van der Waals surface area (Å²) in [6.45, 7) is 0. The molecule has 1 atom stereocenters. The second-order valence-corrected chi connectivity index (χ2v) is 4.66. The van der Waals surface area contributed by atoms with Crippen molar-refractivity contribution in [1.29, 1.82) is 0 Å². The minimum absolute atomic E-state index is 0.0291. The Hall–Kier alpha value is -1.39. The van der Waals surface area contributed by atoms with E-state index in [0.717, 1.165) is 18.4 Å². The van der Waals surface area contributed by atoms with E-state index in [2.05, 4.69) is 21.8 Å². The number of rotatable bonds is 5. The van der Waals surface area contributed by atoms with E-state index < -0.39 is 0 Å². The van der Waals surface area contributed by atoms with Gasteiger partial charge < -0.3 is 10.5 Å². The van der Waals surface area contributed by atoms with Gasteiger partial charge in [-0.15, -0.1) is 0 Å². The van der Waals surface area contributed by atoms with Crippen LogP contribution in [-0.2, 0) is 6.42 Å². The maximum atomic E-state index is 6.17. The molecule has 0 amide bonds. The Bertz CT molecular complexity index is 456. The van der Waals surface area contributed by atoms with Crippen LogP contribution in [0.5, 0.6) is 5.88 Å². The number of pyridine rings is 1. The number of methoxy groups -OCH3 is 1. The van der Waals surface area contributed by atoms with Crippen molar-refractivity contribution in [2.75, 3.05) is 7.11 Å². The van der Waals surface area contributed by atoms with Crippen LogP contribution in [0, 0.1) is 0 Å². The van der Waals surface area contributed by atoms with E-state index in [1.165, 1.54) is 5.56 Å². The SMILES string of the molecule is COc1ncccc1C(N)CCc1ccsc1. The van der Waals surface area contributed by atoms with Crippen LogP contribution in [0.2, 0.25) is 0 Å². The van der Waals surface area contributed by atoms with Gasteiger partial charge in [0, 0.05) is 17.8 Å². The third-order valence-electron chi connectivity index (χ3n) is 2.72. The summed E-state index contributed by atoms with van der Waals surface area (Å²) >= 11 is 1.72. The Morgan fingerprint density at radius 2 is 2.35 bits per heavy atom. The number of hydrogen-bond acceptors (Lipinski definition) is 4. The maximum Gasteiger partial charge on any atom is 0.217 e. The number of aryl methyl sites for hydroxylation is 1. The van der Waals surface area contributed by atoms with Crippen molar-refractivity contribution in [3.8, 4) is 5.88 Å². The number of thiophene rings is 1. The molecule has 0 saturated carbocycles. The third-order valence-corrected chi connectivity index (χ3v) is 3.45. The Balaban J connectivity index is 2.01. The topological polar surface area (TPSA) is 48.1 Å². The molecule has 17 heavy (non-hydrogen) atoms. The zero-order chi connectivity index (χ0) is 12.1. The first kappa shape index (κ1) is 12.1. The van der Waals surface area contributed by atoms with E-state index in [0.29, 0.717) is 5.88 Å². The van der Waals surface area contributed by atoms with Gasteiger partial charge in [0.25, 0.3) is 0 Å². The van der Waals surface area contributed by atoms with Crippen LogP contribution in [0.3, 0.4) is 0 Å². The van der Waals surface area contributed by atoms with Gasteiger partial charge >= 0.3 is 0 Å². The molecule has 3 nitrogen and oxygen atoms in total. The van der Waals surface area contributed by atoms with Crippen molar-refractivity contribution >= 4 is 11.3 Å². The molecule has 0 aliphatic rings. The molecule has 0 fully saturated rings. The van der Waals surface area contributed by atoms with Gasteiger partial charge in [-0.25, -0.2) is 4.98 Å². The van der Waals surface area contributed by atoms with Crippen molar-refractivity contribution in [2.45, 2.75) is 18.9 Å². The van der Waals surface area contributed by atoms with Crippen LogP contribution in [0.1, 0.15) is 23.6 Å². The summed E-state index contributed by atoms with van der Waals surface area (Å²) in [5.41, 5.74) is 8.49. The molecular weight excluding hydrogens is 232 g/mol. The quantitative estimate of drug-likeness (QED) is 0.885. The molecular formula is C13H16N2OS. The Labute approximate surface area is 105 Å². The highest BCUT2D eigenvalue weighted by Gasteiger charge is 2.12. The predicted molar refractivity (Wildman–Crippen MR) is 70.4 cm³/mol. The Kier molecular flexibility index (Phi) is 4.12. The van der Waals surface area contributed by atoms with Gasteiger partial charge in [0.1, 0.15) is 0 Å². The molecule has 0 spiro atoms. The molecule has 0 aliphatic carbocycles. The van der Waals surface area contributed by atoms with Gasteiger partial charge in [0.05, 0.1) is 7.11 Å². The minimum atomic E-state index is -0.0291. The normalized spacial score (nSPS) is 12.4. The van der Waals surface area contributed by atoms with Gasteiger partial charge in [-0.3, -0.25) is 0 Å². The molecule has 0 bridgehead atoms. The van der Waals surface area contributed by atoms with Crippen molar-refractivity contribution in [3.05, 3.63) is 46.3 Å². The maximum absolute atomic E-state index is 6.17. The highest BCUT2D eigenvalue weighted by molar-refractivity contribution is 7.07. The standard InChI is InChI=1S/C13H16N2OS/c1-16-13-11(3-2-7-15-13)12(14)5-4-10-6-8-17-9-10/h2-3,6-9,12H,4-5,14H2,1H3. The highest BCUT2D eigenvalue weighted by Crippen LogP contribution is 2.24. The first-order valence-electron chi connectivity index (χ1n) is 5.57. The van der Waals surface area contributed by atoms with Crippen LogP contribution < -0.4 is 10.5 Å². The summed E-state index contributed by atoms with van der Waals surface area (Å²) in [6.07, 6.45) is 3.61. The lowest BCUT2D eigenvalue weighted by molar-refractivity contribution is 0.387. The molecule has 1 unspecified atom stereocenters. The van der Waals surface area contributed by atoms with E-state index in [9.17, 15) is 0 Å². The number of nitrogens with zero attached hydrogens (tertiary/aromatic N) is 1. The van der Waals surface area contributed by atoms with E-state index in [1.807, 2.05) is 12.1 Å². The molecule has 0 radical (unpaired) electrons. The average Bonchev–Trinajstić information content (AvgIpc) is 2.89. The van der Waals surface area contributed by atoms with Gasteiger partial charge in [0.15, 0.2) is 0 Å². The smallest absolute Gasteiger partial charge is 0.217 e. The predicted octanol–water partition coefficient (Wildman–Crippen LogP) is 2.78. The lowest BCUT2D eigenvalue weighted by Crippen LogP contribution is -2.13. The molecule has 2 N–H and O–H groups in total. The number of nitrogens with two attached hydrogens (primary N) is 1. The van der Waals surface area contributed by atoms with Crippen LogP contribution in [0.25, 0.3) is 0 Å². The lowest BCUT2D eigenvalue weighted by Gasteiger charge is -2.14. The molecule has 2 aromatic heterocycles. The summed E-state index contributed by atoms with van der Waals surface area (Å²) in [4.78, 5) is 4.16. The highest BCUT2D eigenvalue weighted by atomic mass is 32.1. The fourth-order valence-electron chi connectivity index (χ4n) is 1.77. The van der Waals surface area contributed by atoms with E-state index in [4.69, 9.17) is 10.5 Å². The largest absolute Gasteiger partial charge is 0.481 e. The first-order valence-corrected chi connectivity index (χ1v) is 6.51. The molecule has 0 aromatic carbocycles. The molecule has 4 heteroatoms. The van der Waals surface area contributed by atoms with Crippen molar-refractivity contribution < 1.29 is 4.74 Å². The summed E-state index contributed by atoms with van der Waals surface area (Å²) in [5, 5.41) is 4.25. The molecule has 0 saturated heterocycles. The second kappa shape index (κ2) is 5.80. The van der Waals surface area contributed by atoms with Gasteiger partial charge in [-0.1, -0.05) is 6.07 Å². The van der Waals surface area contributed by atoms with Gasteiger partial charge in [-0.05, 0) is 41.3 Å². The van der Waals surface area contributed by atoms with E-state index >= 15 is 0 Å².